The largest absolute Gasteiger partial charge is 0.504 e. The maximum Gasteiger partial charge on any atom is 0.226 e. The van der Waals surface area contributed by atoms with Gasteiger partial charge in [-0.2, -0.15) is 5.10 Å². The number of nitrogens with one attached hydrogen (secondary N) is 1. The van der Waals surface area contributed by atoms with Gasteiger partial charge in [0.25, 0.3) is 0 Å². The fraction of sp³-hybridized carbons (Fsp3) is 0.158. The summed E-state index contributed by atoms with van der Waals surface area (Å²) in [4.78, 5) is 12.3. The number of aromatic nitrogens is 2. The van der Waals surface area contributed by atoms with Gasteiger partial charge in [0.1, 0.15) is 5.82 Å². The smallest absolute Gasteiger partial charge is 0.226 e. The molecule has 6 nitrogen and oxygen atoms in total. The minimum Gasteiger partial charge on any atom is -0.504 e. The van der Waals surface area contributed by atoms with Gasteiger partial charge in [-0.3, -0.25) is 4.79 Å². The molecule has 132 valence electrons. The Morgan fingerprint density at radius 3 is 2.77 bits per heavy atom. The Bertz CT molecular complexity index is 982. The van der Waals surface area contributed by atoms with Gasteiger partial charge in [0.15, 0.2) is 11.5 Å². The zero-order valence-electron chi connectivity index (χ0n) is 13.9. The number of ether oxygens (including phenoxy) is 1. The van der Waals surface area contributed by atoms with Crippen LogP contribution in [0.15, 0.2) is 48.7 Å². The highest BCUT2D eigenvalue weighted by molar-refractivity contribution is 6.30. The van der Waals surface area contributed by atoms with Gasteiger partial charge >= 0.3 is 0 Å². The second kappa shape index (κ2) is 6.38. The van der Waals surface area contributed by atoms with Crippen molar-refractivity contribution in [2.24, 2.45) is 0 Å². The maximum atomic E-state index is 12.3. The van der Waals surface area contributed by atoms with E-state index < -0.39 is 0 Å². The molecule has 0 saturated heterocycles. The number of carbonyl (C=O) groups excluding carboxylic acids is 1. The average molecular weight is 370 g/mol. The lowest BCUT2D eigenvalue weighted by atomic mass is 9.87. The molecule has 0 radical (unpaired) electrons. The van der Waals surface area contributed by atoms with Crippen LogP contribution in [0, 0.1) is 0 Å². The topological polar surface area (TPSA) is 76.4 Å². The first-order valence-electron chi connectivity index (χ1n) is 8.07. The molecule has 0 bridgehead atoms. The third kappa shape index (κ3) is 2.78. The number of benzene rings is 2. The van der Waals surface area contributed by atoms with Crippen LogP contribution in [0.2, 0.25) is 5.02 Å². The van der Waals surface area contributed by atoms with Crippen LogP contribution in [0.5, 0.6) is 11.5 Å². The van der Waals surface area contributed by atoms with E-state index in [1.165, 1.54) is 7.11 Å². The molecule has 0 fully saturated rings. The summed E-state index contributed by atoms with van der Waals surface area (Å²) in [6, 6.07) is 12.4. The van der Waals surface area contributed by atoms with E-state index in [0.717, 1.165) is 16.8 Å². The summed E-state index contributed by atoms with van der Waals surface area (Å²) in [6.07, 6.45) is 2.06. The van der Waals surface area contributed by atoms with Gasteiger partial charge in [-0.1, -0.05) is 17.7 Å². The van der Waals surface area contributed by atoms with Crippen LogP contribution >= 0.6 is 11.6 Å². The molecule has 1 atom stereocenters. The highest BCUT2D eigenvalue weighted by Gasteiger charge is 2.30. The Hall–Kier alpha value is -2.99. The van der Waals surface area contributed by atoms with E-state index in [2.05, 4.69) is 10.4 Å². The standard InChI is InChI=1S/C19H16ClN3O3/c1-26-17-8-11(2-7-16(17)24)14-9-18(25)22-19-15(14)10-21-23(19)13-5-3-12(20)4-6-13/h2-8,10,14,24H,9H2,1H3,(H,22,25). The summed E-state index contributed by atoms with van der Waals surface area (Å²) in [7, 11) is 1.50. The molecule has 1 aliphatic heterocycles. The predicted molar refractivity (Wildman–Crippen MR) is 98.3 cm³/mol. The zero-order valence-corrected chi connectivity index (χ0v) is 14.7. The van der Waals surface area contributed by atoms with Crippen LogP contribution in [0.25, 0.3) is 5.69 Å². The SMILES string of the molecule is COc1cc(C2CC(=O)Nc3c2cnn3-c2ccc(Cl)cc2)ccc1O. The van der Waals surface area contributed by atoms with E-state index in [1.807, 2.05) is 12.1 Å². The van der Waals surface area contributed by atoms with Crippen molar-refractivity contribution in [1.29, 1.82) is 0 Å². The van der Waals surface area contributed by atoms with Crippen molar-refractivity contribution in [3.05, 3.63) is 64.8 Å². The van der Waals surface area contributed by atoms with Gasteiger partial charge in [0.05, 0.1) is 19.0 Å². The molecule has 3 aromatic rings. The molecule has 1 aromatic heterocycles. The van der Waals surface area contributed by atoms with Gasteiger partial charge in [-0.25, -0.2) is 4.68 Å². The van der Waals surface area contributed by atoms with Crippen molar-refractivity contribution < 1.29 is 14.6 Å². The van der Waals surface area contributed by atoms with Gasteiger partial charge in [-0.15, -0.1) is 0 Å². The minimum absolute atomic E-state index is 0.0635. The van der Waals surface area contributed by atoms with Crippen molar-refractivity contribution in [1.82, 2.24) is 9.78 Å². The lowest BCUT2D eigenvalue weighted by Gasteiger charge is -2.24. The van der Waals surface area contributed by atoms with Gasteiger partial charge in [0.2, 0.25) is 5.91 Å². The summed E-state index contributed by atoms with van der Waals surface area (Å²) in [5, 5.41) is 17.8. The third-order valence-electron chi connectivity index (χ3n) is 4.50. The van der Waals surface area contributed by atoms with Crippen LogP contribution in [-0.4, -0.2) is 27.9 Å². The third-order valence-corrected chi connectivity index (χ3v) is 4.75. The van der Waals surface area contributed by atoms with Crippen LogP contribution in [0.3, 0.4) is 0 Å². The number of methoxy groups -OCH3 is 1. The second-order valence-electron chi connectivity index (χ2n) is 6.07. The molecule has 0 spiro atoms. The van der Waals surface area contributed by atoms with Gasteiger partial charge < -0.3 is 15.2 Å². The zero-order chi connectivity index (χ0) is 18.3. The number of nitrogens with zero attached hydrogens (tertiary/aromatic N) is 2. The molecule has 2 heterocycles. The second-order valence-corrected chi connectivity index (χ2v) is 6.51. The number of rotatable bonds is 3. The van der Waals surface area contributed by atoms with Crippen LogP contribution in [-0.2, 0) is 4.79 Å². The summed E-state index contributed by atoms with van der Waals surface area (Å²) in [5.41, 5.74) is 2.60. The van der Waals surface area contributed by atoms with E-state index in [4.69, 9.17) is 16.3 Å². The van der Waals surface area contributed by atoms with Crippen LogP contribution in [0.4, 0.5) is 5.82 Å². The Balaban J connectivity index is 1.80. The molecule has 4 rings (SSSR count). The van der Waals surface area contributed by atoms with Crippen molar-refractivity contribution >= 4 is 23.3 Å². The number of anilines is 1. The number of hydrogen-bond donors (Lipinski definition) is 2. The van der Waals surface area contributed by atoms with Crippen LogP contribution in [0.1, 0.15) is 23.5 Å². The quantitative estimate of drug-likeness (QED) is 0.737. The van der Waals surface area contributed by atoms with Crippen LogP contribution < -0.4 is 10.1 Å². The molecule has 7 heteroatoms. The summed E-state index contributed by atoms with van der Waals surface area (Å²) >= 11 is 5.95. The first-order chi connectivity index (χ1) is 12.6. The van der Waals surface area contributed by atoms with E-state index in [0.29, 0.717) is 23.0 Å². The molecule has 1 amide bonds. The molecule has 0 aliphatic carbocycles. The molecule has 2 aromatic carbocycles. The van der Waals surface area contributed by atoms with Crippen molar-refractivity contribution in [2.45, 2.75) is 12.3 Å². The number of halogens is 1. The average Bonchev–Trinajstić information content (AvgIpc) is 3.06. The van der Waals surface area contributed by atoms with E-state index in [-0.39, 0.29) is 17.6 Å². The molecular weight excluding hydrogens is 354 g/mol. The normalized spacial score (nSPS) is 16.1. The lowest BCUT2D eigenvalue weighted by Crippen LogP contribution is -2.24. The van der Waals surface area contributed by atoms with Gasteiger partial charge in [-0.05, 0) is 42.0 Å². The Morgan fingerprint density at radius 2 is 2.04 bits per heavy atom. The molecular formula is C19H16ClN3O3. The van der Waals surface area contributed by atoms with Crippen molar-refractivity contribution in [3.63, 3.8) is 0 Å². The first-order valence-corrected chi connectivity index (χ1v) is 8.45. The predicted octanol–water partition coefficient (Wildman–Crippen LogP) is 3.71. The summed E-state index contributed by atoms with van der Waals surface area (Å²) in [5.74, 6) is 0.814. The van der Waals surface area contributed by atoms with Gasteiger partial charge in [0, 0.05) is 22.9 Å². The highest BCUT2D eigenvalue weighted by atomic mass is 35.5. The van der Waals surface area contributed by atoms with E-state index in [1.54, 1.807) is 41.2 Å². The fourth-order valence-electron chi connectivity index (χ4n) is 3.21. The number of phenols is 1. The minimum atomic E-state index is -0.172. The number of aromatic hydroxyl groups is 1. The van der Waals surface area contributed by atoms with Crippen molar-refractivity contribution in [2.75, 3.05) is 12.4 Å². The lowest BCUT2D eigenvalue weighted by molar-refractivity contribution is -0.116. The number of carbonyl (C=O) groups is 1. The Kier molecular flexibility index (Phi) is 4.05. The van der Waals surface area contributed by atoms with E-state index in [9.17, 15) is 9.90 Å². The fourth-order valence-corrected chi connectivity index (χ4v) is 3.33. The number of hydrogen-bond acceptors (Lipinski definition) is 4. The van der Waals surface area contributed by atoms with Crippen molar-refractivity contribution in [3.8, 4) is 17.2 Å². The molecule has 1 unspecified atom stereocenters. The first kappa shape index (κ1) is 16.5. The molecule has 2 N–H and O–H groups in total. The van der Waals surface area contributed by atoms with E-state index >= 15 is 0 Å². The summed E-state index contributed by atoms with van der Waals surface area (Å²) < 4.78 is 6.88. The monoisotopic (exact) mass is 369 g/mol. The highest BCUT2D eigenvalue weighted by Crippen LogP contribution is 2.40. The maximum absolute atomic E-state index is 12.3. The molecule has 0 saturated carbocycles. The Labute approximate surface area is 155 Å². The Morgan fingerprint density at radius 1 is 1.27 bits per heavy atom. The molecule has 26 heavy (non-hydrogen) atoms. The summed E-state index contributed by atoms with van der Waals surface area (Å²) in [6.45, 7) is 0. The molecule has 1 aliphatic rings. The number of phenolic OH excluding ortho intramolecular Hbond substituents is 1. The number of fused-ring (bicyclic) bond motifs is 1. The number of amides is 1.